The van der Waals surface area contributed by atoms with E-state index in [1.165, 1.54) is 128 Å². The number of carbonyl (C=O) groups is 2. The molecule has 0 saturated carbocycles. The van der Waals surface area contributed by atoms with Crippen LogP contribution in [-0.4, -0.2) is 99.6 Å². The van der Waals surface area contributed by atoms with Gasteiger partial charge in [0.1, 0.15) is 24.4 Å². The number of aliphatic hydroxyl groups excluding tert-OH is 5. The molecule has 0 aromatic rings. The molecule has 466 valence electrons. The first-order valence-electron chi connectivity index (χ1n) is 33.0. The molecule has 8 unspecified atom stereocenters. The summed E-state index contributed by atoms with van der Waals surface area (Å²) >= 11 is 0. The molecule has 0 bridgehead atoms. The zero-order valence-electron chi connectivity index (χ0n) is 51.6. The maximum Gasteiger partial charge on any atom is 0.306 e. The predicted molar refractivity (Wildman–Crippen MR) is 338 cm³/mol. The molecule has 11 heteroatoms. The van der Waals surface area contributed by atoms with E-state index < -0.39 is 67.4 Å². The topological polar surface area (TPSA) is 175 Å². The molecule has 1 heterocycles. The molecule has 0 radical (unpaired) electrons. The molecular formula is C70H121NO10. The number of carbonyl (C=O) groups excluding carboxylic acids is 2. The minimum Gasteiger partial charge on any atom is -0.454 e. The van der Waals surface area contributed by atoms with Crippen LogP contribution in [-0.2, 0) is 23.8 Å². The second-order valence-electron chi connectivity index (χ2n) is 22.5. The van der Waals surface area contributed by atoms with Crippen LogP contribution in [0, 0.1) is 0 Å². The molecule has 1 aliphatic rings. The number of aliphatic hydroxyl groups is 5. The number of amides is 1. The Morgan fingerprint density at radius 2 is 0.852 bits per heavy atom. The minimum absolute atomic E-state index is 0.108. The molecular weight excluding hydrogens is 1010 g/mol. The van der Waals surface area contributed by atoms with E-state index in [2.05, 4.69) is 99.0 Å². The molecule has 0 aliphatic carbocycles. The summed E-state index contributed by atoms with van der Waals surface area (Å²) in [6.45, 7) is 5.71. The number of ether oxygens (including phenoxy) is 3. The maximum absolute atomic E-state index is 13.4. The normalized spacial score (nSPS) is 19.3. The lowest BCUT2D eigenvalue weighted by atomic mass is 9.99. The summed E-state index contributed by atoms with van der Waals surface area (Å²) in [5.41, 5.74) is 0. The summed E-state index contributed by atoms with van der Waals surface area (Å²) in [7, 11) is 0. The van der Waals surface area contributed by atoms with Crippen molar-refractivity contribution < 1.29 is 49.3 Å². The molecule has 0 aromatic carbocycles. The number of allylic oxidation sites excluding steroid dienone is 15. The first kappa shape index (κ1) is 75.6. The first-order chi connectivity index (χ1) is 39.7. The van der Waals surface area contributed by atoms with Gasteiger partial charge in [-0.1, -0.05) is 259 Å². The summed E-state index contributed by atoms with van der Waals surface area (Å²) in [4.78, 5) is 26.6. The average molecular weight is 1140 g/mol. The fraction of sp³-hybridized carbons (Fsp3) is 0.743. The maximum atomic E-state index is 13.4. The van der Waals surface area contributed by atoms with Crippen LogP contribution in [0.2, 0.25) is 0 Å². The Bertz CT molecular complexity index is 1690. The van der Waals surface area contributed by atoms with Gasteiger partial charge in [0, 0.05) is 6.42 Å². The van der Waals surface area contributed by atoms with Crippen LogP contribution in [0.1, 0.15) is 271 Å². The van der Waals surface area contributed by atoms with Crippen molar-refractivity contribution in [3.05, 3.63) is 97.2 Å². The van der Waals surface area contributed by atoms with Gasteiger partial charge in [0.05, 0.1) is 25.4 Å². The Hall–Kier alpha value is -3.42. The first-order valence-corrected chi connectivity index (χ1v) is 33.0. The molecule has 1 fully saturated rings. The van der Waals surface area contributed by atoms with Crippen LogP contribution in [0.3, 0.4) is 0 Å². The van der Waals surface area contributed by atoms with Gasteiger partial charge < -0.3 is 45.1 Å². The van der Waals surface area contributed by atoms with Crippen LogP contribution in [0.25, 0.3) is 0 Å². The lowest BCUT2D eigenvalue weighted by molar-refractivity contribution is -0.305. The number of hydrogen-bond donors (Lipinski definition) is 6. The molecule has 1 aliphatic heterocycles. The van der Waals surface area contributed by atoms with Crippen molar-refractivity contribution in [2.45, 2.75) is 320 Å². The molecule has 8 atom stereocenters. The second kappa shape index (κ2) is 57.0. The third kappa shape index (κ3) is 44.7. The molecule has 0 spiro atoms. The summed E-state index contributed by atoms with van der Waals surface area (Å²) in [5, 5.41) is 57.0. The van der Waals surface area contributed by atoms with Crippen molar-refractivity contribution in [1.29, 1.82) is 0 Å². The van der Waals surface area contributed by atoms with E-state index in [1.807, 2.05) is 18.2 Å². The van der Waals surface area contributed by atoms with Gasteiger partial charge in [-0.2, -0.15) is 0 Å². The van der Waals surface area contributed by atoms with E-state index in [0.29, 0.717) is 12.8 Å². The van der Waals surface area contributed by atoms with Crippen molar-refractivity contribution in [1.82, 2.24) is 5.32 Å². The molecule has 1 amide bonds. The average Bonchev–Trinajstić information content (AvgIpc) is 3.47. The quantitative estimate of drug-likeness (QED) is 0.0195. The number of unbranched alkanes of at least 4 members (excludes halogenated alkanes) is 27. The fourth-order valence-electron chi connectivity index (χ4n) is 9.71. The zero-order chi connectivity index (χ0) is 58.9. The summed E-state index contributed by atoms with van der Waals surface area (Å²) < 4.78 is 17.6. The third-order valence-electron chi connectivity index (χ3n) is 15.0. The van der Waals surface area contributed by atoms with E-state index in [-0.39, 0.29) is 19.4 Å². The second-order valence-corrected chi connectivity index (χ2v) is 22.5. The van der Waals surface area contributed by atoms with Gasteiger partial charge in [0.25, 0.3) is 0 Å². The monoisotopic (exact) mass is 1140 g/mol. The Morgan fingerprint density at radius 3 is 1.30 bits per heavy atom. The molecule has 81 heavy (non-hydrogen) atoms. The van der Waals surface area contributed by atoms with Gasteiger partial charge in [-0.3, -0.25) is 9.59 Å². The minimum atomic E-state index is -1.63. The summed E-state index contributed by atoms with van der Waals surface area (Å²) in [5.74, 6) is -1.26. The summed E-state index contributed by atoms with van der Waals surface area (Å²) in [6, 6.07) is -1.06. The smallest absolute Gasteiger partial charge is 0.306 e. The lowest BCUT2D eigenvalue weighted by Gasteiger charge is -2.41. The van der Waals surface area contributed by atoms with Crippen LogP contribution in [0.15, 0.2) is 97.2 Å². The zero-order valence-corrected chi connectivity index (χ0v) is 51.6. The van der Waals surface area contributed by atoms with Crippen LogP contribution >= 0.6 is 0 Å². The van der Waals surface area contributed by atoms with Gasteiger partial charge in [0.2, 0.25) is 5.91 Å². The molecule has 1 saturated heterocycles. The lowest BCUT2D eigenvalue weighted by Crippen LogP contribution is -2.61. The SMILES string of the molecule is CCCCC/C=C\C/C=C\C/C=C\C/C=C\CCC(O)C(=O)NC(COC1OC(CO)C(O)C(O)C1OC(=O)CCCCCCCCCCCC/C=C\C/C=C\C/C=C\CCCCC)C(O)/C=C/CCCCCCCCCCCCC. The number of nitrogens with one attached hydrogen (secondary N) is 1. The highest BCUT2D eigenvalue weighted by Gasteiger charge is 2.47. The predicted octanol–water partition coefficient (Wildman–Crippen LogP) is 16.3. The summed E-state index contributed by atoms with van der Waals surface area (Å²) in [6.07, 6.45) is 65.9. The molecule has 1 rings (SSSR count). The van der Waals surface area contributed by atoms with Crippen LogP contribution < -0.4 is 5.32 Å². The van der Waals surface area contributed by atoms with Crippen molar-refractivity contribution in [2.75, 3.05) is 13.2 Å². The Kier molecular flexibility index (Phi) is 53.2. The molecule has 11 nitrogen and oxygen atoms in total. The largest absolute Gasteiger partial charge is 0.454 e. The van der Waals surface area contributed by atoms with Gasteiger partial charge in [-0.05, 0) is 103 Å². The standard InChI is InChI=1S/C70H121NO10/c1-4-7-10-13-16-19-22-25-27-29-30-31-32-33-34-35-37-40-43-46-49-52-55-58-65(75)81-68-67(77)66(76)64(59-72)80-70(68)79-60-61(62(73)56-53-50-47-44-41-38-24-21-18-15-12-9-6-3)71-69(78)63(74)57-54-51-48-45-42-39-36-28-26-23-20-17-14-11-8-5-2/h16-17,19-20,25-28,30-31,39,42,48,51,53,56,61-64,66-68,70,72-74,76-77H,4-15,18,21-24,29,32-38,40-41,43-47,49-50,52,54-55,57-60H2,1-3H3,(H,71,78)/b19-16-,20-17-,27-25-,28-26-,31-30-,42-39-,51-48-,56-53+. The highest BCUT2D eigenvalue weighted by molar-refractivity contribution is 5.80. The fourth-order valence-corrected chi connectivity index (χ4v) is 9.71. The Labute approximate surface area is 495 Å². The Balaban J connectivity index is 2.67. The van der Waals surface area contributed by atoms with Crippen LogP contribution in [0.5, 0.6) is 0 Å². The highest BCUT2D eigenvalue weighted by Crippen LogP contribution is 2.26. The number of hydrogen-bond acceptors (Lipinski definition) is 10. The number of rotatable bonds is 55. The van der Waals surface area contributed by atoms with E-state index in [0.717, 1.165) is 96.3 Å². The van der Waals surface area contributed by atoms with Crippen LogP contribution in [0.4, 0.5) is 0 Å². The van der Waals surface area contributed by atoms with Crippen molar-refractivity contribution in [2.24, 2.45) is 0 Å². The van der Waals surface area contributed by atoms with E-state index in [9.17, 15) is 35.1 Å². The highest BCUT2D eigenvalue weighted by atomic mass is 16.7. The van der Waals surface area contributed by atoms with E-state index in [1.54, 1.807) is 6.08 Å². The van der Waals surface area contributed by atoms with Gasteiger partial charge in [0.15, 0.2) is 12.4 Å². The van der Waals surface area contributed by atoms with Gasteiger partial charge in [-0.25, -0.2) is 0 Å². The van der Waals surface area contributed by atoms with Crippen molar-refractivity contribution >= 4 is 11.9 Å². The van der Waals surface area contributed by atoms with Gasteiger partial charge >= 0.3 is 5.97 Å². The molecule has 0 aromatic heterocycles. The number of esters is 1. The van der Waals surface area contributed by atoms with E-state index in [4.69, 9.17) is 14.2 Å². The van der Waals surface area contributed by atoms with E-state index >= 15 is 0 Å². The van der Waals surface area contributed by atoms with Crippen molar-refractivity contribution in [3.63, 3.8) is 0 Å². The van der Waals surface area contributed by atoms with Gasteiger partial charge in [-0.15, -0.1) is 0 Å². The molecule has 6 N–H and O–H groups in total. The third-order valence-corrected chi connectivity index (χ3v) is 15.0. The Morgan fingerprint density at radius 1 is 0.481 bits per heavy atom. The van der Waals surface area contributed by atoms with Crippen molar-refractivity contribution in [3.8, 4) is 0 Å².